The Balaban J connectivity index is 1.43. The Morgan fingerprint density at radius 1 is 1.00 bits per heavy atom. The van der Waals surface area contributed by atoms with Gasteiger partial charge in [0, 0.05) is 36.6 Å². The van der Waals surface area contributed by atoms with Crippen LogP contribution in [0.3, 0.4) is 0 Å². The minimum Gasteiger partial charge on any atom is -0.293 e. The molecule has 0 N–H and O–H groups in total. The highest BCUT2D eigenvalue weighted by molar-refractivity contribution is 5.82. The van der Waals surface area contributed by atoms with Crippen molar-refractivity contribution in [2.75, 3.05) is 0 Å². The number of hydrogen-bond acceptors (Lipinski definition) is 3. The maximum Gasteiger partial charge on any atom is 0.260 e. The van der Waals surface area contributed by atoms with E-state index in [2.05, 4.69) is 34.3 Å². The largest absolute Gasteiger partial charge is 0.293 e. The summed E-state index contributed by atoms with van der Waals surface area (Å²) in [7, 11) is 1.95. The second kappa shape index (κ2) is 7.63. The zero-order valence-corrected chi connectivity index (χ0v) is 18.5. The molecule has 3 aromatic rings. The van der Waals surface area contributed by atoms with Crippen molar-refractivity contribution < 1.29 is 0 Å². The van der Waals surface area contributed by atoms with E-state index in [0.717, 1.165) is 66.6 Å². The highest BCUT2D eigenvalue weighted by Gasteiger charge is 2.33. The lowest BCUT2D eigenvalue weighted by molar-refractivity contribution is 0.0332. The van der Waals surface area contributed by atoms with Crippen LogP contribution in [0.4, 0.5) is 0 Å². The van der Waals surface area contributed by atoms with Crippen molar-refractivity contribution in [1.29, 1.82) is 0 Å². The van der Waals surface area contributed by atoms with Crippen LogP contribution in [-0.2, 0) is 26.4 Å². The molecule has 0 bridgehead atoms. The Morgan fingerprint density at radius 3 is 2.39 bits per heavy atom. The lowest BCUT2D eigenvalue weighted by atomic mass is 9.84. The van der Waals surface area contributed by atoms with E-state index in [0.29, 0.717) is 0 Å². The second-order valence-corrected chi connectivity index (χ2v) is 9.82. The van der Waals surface area contributed by atoms with Crippen LogP contribution in [0.2, 0.25) is 0 Å². The van der Waals surface area contributed by atoms with Crippen molar-refractivity contribution in [2.45, 2.75) is 82.8 Å². The summed E-state index contributed by atoms with van der Waals surface area (Å²) < 4.78 is 3.79. The van der Waals surface area contributed by atoms with Gasteiger partial charge in [0.2, 0.25) is 0 Å². The smallest absolute Gasteiger partial charge is 0.260 e. The first kappa shape index (κ1) is 19.3. The van der Waals surface area contributed by atoms with Gasteiger partial charge in [-0.15, -0.1) is 0 Å². The minimum absolute atomic E-state index is 0.151. The Hall–Kier alpha value is -2.40. The Morgan fingerprint density at radius 2 is 1.71 bits per heavy atom. The SMILES string of the molecule is Cn1ncc2c3c(c(=O)n(-c4cccc(CN(C5CCC5)C5CCC5)c4)c21)CCCC3. The molecule has 3 aliphatic rings. The van der Waals surface area contributed by atoms with Gasteiger partial charge in [0.15, 0.2) is 0 Å². The fourth-order valence-electron chi connectivity index (χ4n) is 5.82. The van der Waals surface area contributed by atoms with Crippen molar-refractivity contribution in [1.82, 2.24) is 19.2 Å². The monoisotopic (exact) mass is 416 g/mol. The topological polar surface area (TPSA) is 43.1 Å². The lowest BCUT2D eigenvalue weighted by Crippen LogP contribution is -2.48. The maximum absolute atomic E-state index is 13.7. The van der Waals surface area contributed by atoms with Gasteiger partial charge in [-0.1, -0.05) is 25.0 Å². The summed E-state index contributed by atoms with van der Waals surface area (Å²) in [6.45, 7) is 0.997. The lowest BCUT2D eigenvalue weighted by Gasteiger charge is -2.46. The molecule has 0 atom stereocenters. The number of benzene rings is 1. The van der Waals surface area contributed by atoms with Crippen LogP contribution in [0.1, 0.15) is 68.1 Å². The van der Waals surface area contributed by atoms with Crippen molar-refractivity contribution in [3.63, 3.8) is 0 Å². The Labute approximate surface area is 183 Å². The first-order valence-electron chi connectivity index (χ1n) is 12.1. The molecule has 3 aliphatic carbocycles. The number of nitrogens with zero attached hydrogens (tertiary/aromatic N) is 4. The van der Waals surface area contributed by atoms with Gasteiger partial charge in [0.1, 0.15) is 5.65 Å². The van der Waals surface area contributed by atoms with E-state index in [1.54, 1.807) is 0 Å². The van der Waals surface area contributed by atoms with Crippen LogP contribution in [-0.4, -0.2) is 31.3 Å². The van der Waals surface area contributed by atoms with Gasteiger partial charge in [0.25, 0.3) is 5.56 Å². The summed E-state index contributed by atoms with van der Waals surface area (Å²) in [6.07, 6.45) is 14.2. The Bertz CT molecular complexity index is 1170. The molecule has 31 heavy (non-hydrogen) atoms. The van der Waals surface area contributed by atoms with E-state index in [1.165, 1.54) is 49.7 Å². The van der Waals surface area contributed by atoms with Gasteiger partial charge < -0.3 is 0 Å². The summed E-state index contributed by atoms with van der Waals surface area (Å²) >= 11 is 0. The van der Waals surface area contributed by atoms with Crippen molar-refractivity contribution in [3.8, 4) is 5.69 Å². The number of rotatable bonds is 5. The zero-order chi connectivity index (χ0) is 20.9. The number of aromatic nitrogens is 3. The second-order valence-electron chi connectivity index (χ2n) is 9.82. The van der Waals surface area contributed by atoms with E-state index >= 15 is 0 Å². The predicted octanol–water partition coefficient (Wildman–Crippen LogP) is 4.51. The normalized spacial score (nSPS) is 19.4. The summed E-state index contributed by atoms with van der Waals surface area (Å²) in [5.74, 6) is 0. The summed E-state index contributed by atoms with van der Waals surface area (Å²) in [5.41, 5.74) is 5.61. The van der Waals surface area contributed by atoms with E-state index in [-0.39, 0.29) is 5.56 Å². The summed E-state index contributed by atoms with van der Waals surface area (Å²) in [6, 6.07) is 10.2. The van der Waals surface area contributed by atoms with Crippen molar-refractivity contribution >= 4 is 11.0 Å². The fourth-order valence-corrected chi connectivity index (χ4v) is 5.82. The molecule has 1 aromatic carbocycles. The molecular formula is C26H32N4O. The number of fused-ring (bicyclic) bond motifs is 3. The third-order valence-electron chi connectivity index (χ3n) is 7.99. The molecule has 0 aliphatic heterocycles. The third-order valence-corrected chi connectivity index (χ3v) is 7.99. The molecule has 2 saturated carbocycles. The van der Waals surface area contributed by atoms with Gasteiger partial charge in [-0.25, -0.2) is 0 Å². The van der Waals surface area contributed by atoms with E-state index in [4.69, 9.17) is 0 Å². The average Bonchev–Trinajstić information content (AvgIpc) is 3.08. The first-order chi connectivity index (χ1) is 15.2. The van der Waals surface area contributed by atoms with E-state index in [1.807, 2.05) is 22.5 Å². The van der Waals surface area contributed by atoms with Crippen LogP contribution in [0, 0.1) is 0 Å². The molecular weight excluding hydrogens is 384 g/mol. The zero-order valence-electron chi connectivity index (χ0n) is 18.5. The van der Waals surface area contributed by atoms with Crippen LogP contribution in [0.25, 0.3) is 16.7 Å². The highest BCUT2D eigenvalue weighted by atomic mass is 16.1. The summed E-state index contributed by atoms with van der Waals surface area (Å²) in [4.78, 5) is 16.4. The molecule has 162 valence electrons. The minimum atomic E-state index is 0.151. The van der Waals surface area contributed by atoms with E-state index in [9.17, 15) is 4.79 Å². The molecule has 5 nitrogen and oxygen atoms in total. The van der Waals surface area contributed by atoms with Crippen molar-refractivity contribution in [3.05, 3.63) is 57.5 Å². The standard InChI is InChI=1S/C26H32N4O/c1-28-25-24(16-27-28)22-13-2-3-14-23(22)26(31)30(25)21-12-4-7-18(15-21)17-29(19-8-5-9-19)20-10-6-11-20/h4,7,12,15-16,19-20H,2-3,5-6,8-11,13-14,17H2,1H3. The van der Waals surface area contributed by atoms with Crippen molar-refractivity contribution in [2.24, 2.45) is 7.05 Å². The highest BCUT2D eigenvalue weighted by Crippen LogP contribution is 2.35. The molecule has 5 heteroatoms. The van der Waals surface area contributed by atoms with Crippen LogP contribution in [0.15, 0.2) is 35.3 Å². The molecule has 2 aromatic heterocycles. The molecule has 0 amide bonds. The van der Waals surface area contributed by atoms with Gasteiger partial charge in [-0.05, 0) is 74.6 Å². The number of pyridine rings is 1. The quantitative estimate of drug-likeness (QED) is 0.615. The number of aryl methyl sites for hydroxylation is 2. The van der Waals surface area contributed by atoms with Gasteiger partial charge in [-0.2, -0.15) is 5.10 Å². The van der Waals surface area contributed by atoms with E-state index < -0.39 is 0 Å². The molecule has 2 heterocycles. The molecule has 0 spiro atoms. The predicted molar refractivity (Wildman–Crippen MR) is 124 cm³/mol. The molecule has 0 unspecified atom stereocenters. The molecule has 0 saturated heterocycles. The van der Waals surface area contributed by atoms with Gasteiger partial charge in [-0.3, -0.25) is 18.9 Å². The summed E-state index contributed by atoms with van der Waals surface area (Å²) in [5, 5.41) is 5.68. The molecule has 0 radical (unpaired) electrons. The first-order valence-corrected chi connectivity index (χ1v) is 12.1. The molecule has 2 fully saturated rings. The third kappa shape index (κ3) is 3.16. The van der Waals surface area contributed by atoms with Gasteiger partial charge in [0.05, 0.1) is 11.9 Å². The van der Waals surface area contributed by atoms with Crippen LogP contribution < -0.4 is 5.56 Å². The average molecular weight is 417 g/mol. The fraction of sp³-hybridized carbons (Fsp3) is 0.538. The van der Waals surface area contributed by atoms with Gasteiger partial charge >= 0.3 is 0 Å². The molecule has 6 rings (SSSR count). The number of hydrogen-bond donors (Lipinski definition) is 0. The van der Waals surface area contributed by atoms with Crippen LogP contribution >= 0.6 is 0 Å². The maximum atomic E-state index is 13.7. The van der Waals surface area contributed by atoms with Crippen LogP contribution in [0.5, 0.6) is 0 Å². The Kier molecular flexibility index (Phi) is 4.75.